The van der Waals surface area contributed by atoms with Gasteiger partial charge in [0.15, 0.2) is 0 Å². The first-order valence-corrected chi connectivity index (χ1v) is 12.7. The zero-order valence-corrected chi connectivity index (χ0v) is 21.1. The topological polar surface area (TPSA) is 107 Å². The fraction of sp³-hybridized carbons (Fsp3) is 0.407. The predicted molar refractivity (Wildman–Crippen MR) is 142 cm³/mol. The highest BCUT2D eigenvalue weighted by atomic mass is 16.5. The highest BCUT2D eigenvalue weighted by molar-refractivity contribution is 6.00. The van der Waals surface area contributed by atoms with Gasteiger partial charge in [0.1, 0.15) is 12.3 Å². The Morgan fingerprint density at radius 3 is 2.53 bits per heavy atom. The molecule has 0 saturated carbocycles. The molecule has 192 valence electrons. The average Bonchev–Trinajstić information content (AvgIpc) is 2.89. The van der Waals surface area contributed by atoms with Gasteiger partial charge in [-0.15, -0.1) is 0 Å². The Kier molecular flexibility index (Phi) is 8.32. The molecule has 2 amide bonds. The highest BCUT2D eigenvalue weighted by Crippen LogP contribution is 2.43. The van der Waals surface area contributed by atoms with Crippen LogP contribution in [0.3, 0.4) is 0 Å². The fourth-order valence-corrected chi connectivity index (χ4v) is 4.64. The van der Waals surface area contributed by atoms with Crippen LogP contribution in [0.25, 0.3) is 22.5 Å². The van der Waals surface area contributed by atoms with Crippen molar-refractivity contribution in [1.29, 1.82) is 0 Å². The number of carbonyl (C=O) groups is 2. The maximum Gasteiger partial charge on any atom is 0.407 e. The number of aromatic nitrogens is 2. The zero-order valence-electron chi connectivity index (χ0n) is 21.1. The second-order valence-electron chi connectivity index (χ2n) is 8.94. The van der Waals surface area contributed by atoms with E-state index in [2.05, 4.69) is 23.6 Å². The van der Waals surface area contributed by atoms with Crippen molar-refractivity contribution in [2.45, 2.75) is 45.7 Å². The van der Waals surface area contributed by atoms with Crippen LogP contribution in [0.15, 0.2) is 48.5 Å². The molecule has 3 aromatic rings. The van der Waals surface area contributed by atoms with Crippen LogP contribution in [0.1, 0.15) is 38.2 Å². The maximum atomic E-state index is 13.2. The summed E-state index contributed by atoms with van der Waals surface area (Å²) in [5.41, 5.74) is 5.58. The van der Waals surface area contributed by atoms with Gasteiger partial charge in [-0.3, -0.25) is 9.48 Å². The molecule has 0 spiro atoms. The molecule has 1 aliphatic heterocycles. The molecule has 0 fully saturated rings. The van der Waals surface area contributed by atoms with Gasteiger partial charge in [0.2, 0.25) is 5.91 Å². The van der Waals surface area contributed by atoms with Crippen LogP contribution in [-0.4, -0.2) is 48.2 Å². The van der Waals surface area contributed by atoms with Gasteiger partial charge in [-0.25, -0.2) is 4.79 Å². The van der Waals surface area contributed by atoms with Gasteiger partial charge in [0.25, 0.3) is 0 Å². The van der Waals surface area contributed by atoms with Crippen LogP contribution in [0, 0.1) is 0 Å². The molecule has 0 unspecified atom stereocenters. The van der Waals surface area contributed by atoms with E-state index in [1.807, 2.05) is 59.1 Å². The van der Waals surface area contributed by atoms with Gasteiger partial charge < -0.3 is 26.1 Å². The number of nitrogens with one attached hydrogen (secondary N) is 2. The summed E-state index contributed by atoms with van der Waals surface area (Å²) >= 11 is 0. The number of fused-ring (bicyclic) bond motifs is 5. The van der Waals surface area contributed by atoms with Gasteiger partial charge in [-0.1, -0.05) is 62.2 Å². The summed E-state index contributed by atoms with van der Waals surface area (Å²) < 4.78 is 7.33. The van der Waals surface area contributed by atoms with E-state index in [1.165, 1.54) is 0 Å². The summed E-state index contributed by atoms with van der Waals surface area (Å²) in [5.74, 6) is 6.58. The third-order valence-corrected chi connectivity index (χ3v) is 6.50. The standard InChI is InChI=1S/C27H36N6O3/c1-3-4-9-15-30-27(35)36-18-17-32-25-21-11-6-5-10-20(21)19-31(24(34)14-16-29-2)23-13-8-7-12-22(23)26(25)33(32)28/h5-8,10-13,29H,3-4,9,14-19,28H2,1-2H3,(H,30,35). The van der Waals surface area contributed by atoms with Crippen molar-refractivity contribution in [3.8, 4) is 22.5 Å². The lowest BCUT2D eigenvalue weighted by molar-refractivity contribution is -0.118. The first-order chi connectivity index (χ1) is 17.6. The number of para-hydroxylation sites is 1. The average molecular weight is 493 g/mol. The highest BCUT2D eigenvalue weighted by Gasteiger charge is 2.31. The van der Waals surface area contributed by atoms with Crippen LogP contribution in [0.2, 0.25) is 0 Å². The number of amides is 2. The lowest BCUT2D eigenvalue weighted by Crippen LogP contribution is -2.38. The van der Waals surface area contributed by atoms with E-state index in [-0.39, 0.29) is 12.5 Å². The monoisotopic (exact) mass is 492 g/mol. The SMILES string of the molecule is CCCCCNC(=O)OCCn1c2c(n1N)-c1ccccc1N(C(=O)CCNC)Cc1ccccc1-2. The predicted octanol–water partition coefficient (Wildman–Crippen LogP) is 3.71. The summed E-state index contributed by atoms with van der Waals surface area (Å²) in [6, 6.07) is 15.9. The van der Waals surface area contributed by atoms with Crippen molar-refractivity contribution >= 4 is 17.7 Å². The minimum absolute atomic E-state index is 0.0498. The minimum Gasteiger partial charge on any atom is -0.448 e. The largest absolute Gasteiger partial charge is 0.448 e. The number of hydrogen-bond donors (Lipinski definition) is 3. The van der Waals surface area contributed by atoms with Crippen molar-refractivity contribution in [3.63, 3.8) is 0 Å². The van der Waals surface area contributed by atoms with E-state index < -0.39 is 6.09 Å². The smallest absolute Gasteiger partial charge is 0.407 e. The Hall–Kier alpha value is -3.72. The molecule has 1 aliphatic rings. The zero-order chi connectivity index (χ0) is 25.5. The third kappa shape index (κ3) is 5.26. The number of unbranched alkanes of at least 4 members (excludes halogenated alkanes) is 2. The van der Waals surface area contributed by atoms with E-state index >= 15 is 0 Å². The molecule has 0 atom stereocenters. The van der Waals surface area contributed by atoms with E-state index in [9.17, 15) is 9.59 Å². The Morgan fingerprint density at radius 2 is 1.75 bits per heavy atom. The Bertz CT molecular complexity index is 1200. The molecular weight excluding hydrogens is 456 g/mol. The first-order valence-electron chi connectivity index (χ1n) is 12.7. The number of nitrogens with two attached hydrogens (primary N) is 1. The van der Waals surface area contributed by atoms with Crippen LogP contribution < -0.4 is 21.4 Å². The third-order valence-electron chi connectivity index (χ3n) is 6.50. The second-order valence-corrected chi connectivity index (χ2v) is 8.94. The molecule has 36 heavy (non-hydrogen) atoms. The van der Waals surface area contributed by atoms with E-state index in [0.29, 0.717) is 32.6 Å². The van der Waals surface area contributed by atoms with Crippen LogP contribution in [0.5, 0.6) is 0 Å². The fourth-order valence-electron chi connectivity index (χ4n) is 4.64. The van der Waals surface area contributed by atoms with Crippen molar-refractivity contribution in [2.24, 2.45) is 0 Å². The molecule has 9 heteroatoms. The van der Waals surface area contributed by atoms with Crippen molar-refractivity contribution < 1.29 is 14.3 Å². The number of anilines is 1. The lowest BCUT2D eigenvalue weighted by atomic mass is 9.94. The summed E-state index contributed by atoms with van der Waals surface area (Å²) in [4.78, 5) is 28.7. The molecule has 2 aromatic carbocycles. The number of nitrogens with zero attached hydrogens (tertiary/aromatic N) is 3. The van der Waals surface area contributed by atoms with E-state index in [0.717, 1.165) is 53.0 Å². The molecule has 4 N–H and O–H groups in total. The number of ether oxygens (including phenoxy) is 1. The summed E-state index contributed by atoms with van der Waals surface area (Å²) in [7, 11) is 1.84. The molecule has 0 radical (unpaired) electrons. The molecule has 0 saturated heterocycles. The summed E-state index contributed by atoms with van der Waals surface area (Å²) in [6.45, 7) is 4.42. The Morgan fingerprint density at radius 1 is 1.00 bits per heavy atom. The number of nitrogen functional groups attached to an aromatic ring is 1. The second kappa shape index (κ2) is 11.8. The molecule has 4 rings (SSSR count). The van der Waals surface area contributed by atoms with Crippen LogP contribution in [0.4, 0.5) is 10.5 Å². The van der Waals surface area contributed by atoms with E-state index in [1.54, 1.807) is 4.79 Å². The quantitative estimate of drug-likeness (QED) is 0.296. The molecule has 0 bridgehead atoms. The lowest BCUT2D eigenvalue weighted by Gasteiger charge is -2.35. The molecule has 2 heterocycles. The molecule has 9 nitrogen and oxygen atoms in total. The van der Waals surface area contributed by atoms with Gasteiger partial charge in [-0.05, 0) is 25.1 Å². The molecule has 0 aliphatic carbocycles. The van der Waals surface area contributed by atoms with Gasteiger partial charge in [-0.2, -0.15) is 4.79 Å². The normalized spacial score (nSPS) is 12.2. The Labute approximate surface area is 212 Å². The number of hydrogen-bond acceptors (Lipinski definition) is 5. The molecular formula is C27H36N6O3. The summed E-state index contributed by atoms with van der Waals surface area (Å²) in [5, 5.41) is 5.85. The number of carbonyl (C=O) groups excluding carboxylic acids is 2. The first kappa shape index (κ1) is 25.4. The maximum absolute atomic E-state index is 13.2. The van der Waals surface area contributed by atoms with Crippen LogP contribution in [-0.2, 0) is 22.6 Å². The molecule has 1 aromatic heterocycles. The Balaban J connectivity index is 1.62. The van der Waals surface area contributed by atoms with E-state index in [4.69, 9.17) is 10.6 Å². The van der Waals surface area contributed by atoms with Crippen molar-refractivity contribution in [1.82, 2.24) is 20.1 Å². The van der Waals surface area contributed by atoms with Crippen LogP contribution >= 0.6 is 0 Å². The minimum atomic E-state index is -0.413. The van der Waals surface area contributed by atoms with Crippen molar-refractivity contribution in [3.05, 3.63) is 54.1 Å². The number of rotatable bonds is 10. The van der Waals surface area contributed by atoms with Gasteiger partial charge in [0, 0.05) is 30.6 Å². The van der Waals surface area contributed by atoms with Gasteiger partial charge in [0.05, 0.1) is 24.5 Å². The number of benzene rings is 2. The summed E-state index contributed by atoms with van der Waals surface area (Å²) in [6.07, 6.45) is 3.10. The number of alkyl carbamates (subject to hydrolysis) is 1. The van der Waals surface area contributed by atoms with Crippen molar-refractivity contribution in [2.75, 3.05) is 37.5 Å². The van der Waals surface area contributed by atoms with Gasteiger partial charge >= 0.3 is 6.09 Å².